The van der Waals surface area contributed by atoms with E-state index in [1.807, 2.05) is 46.9 Å². The van der Waals surface area contributed by atoms with Crippen molar-refractivity contribution in [3.8, 4) is 44.7 Å². The second kappa shape index (κ2) is 7.44. The Morgan fingerprint density at radius 3 is 1.65 bits per heavy atom. The summed E-state index contributed by atoms with van der Waals surface area (Å²) in [6.45, 7) is 1.78. The van der Waals surface area contributed by atoms with E-state index in [1.165, 1.54) is 11.1 Å². The van der Waals surface area contributed by atoms with Gasteiger partial charge < -0.3 is 0 Å². The fourth-order valence-electron chi connectivity index (χ4n) is 1.71. The number of benzene rings is 2. The molecule has 0 aliphatic heterocycles. The third-order valence-corrected chi connectivity index (χ3v) is 2.96. The quantitative estimate of drug-likeness (QED) is 0.516. The van der Waals surface area contributed by atoms with Crippen LogP contribution in [-0.2, 0) is 0 Å². The van der Waals surface area contributed by atoms with E-state index in [9.17, 15) is 0 Å². The molecule has 0 radical (unpaired) electrons. The van der Waals surface area contributed by atoms with Gasteiger partial charge in [-0.25, -0.2) is 0 Å². The lowest BCUT2D eigenvalue weighted by atomic mass is 10.0. The number of halogens is 1. The van der Waals surface area contributed by atoms with Gasteiger partial charge in [0.2, 0.25) is 0 Å². The van der Waals surface area contributed by atoms with Crippen molar-refractivity contribution in [1.82, 2.24) is 0 Å². The van der Waals surface area contributed by atoms with Crippen LogP contribution in [0.1, 0.15) is 18.1 Å². The van der Waals surface area contributed by atoms with Gasteiger partial charge in [-0.05, 0) is 58.1 Å². The molecule has 0 spiro atoms. The summed E-state index contributed by atoms with van der Waals surface area (Å²) in [5.74, 6) is 14.3. The zero-order valence-electron chi connectivity index (χ0n) is 11.0. The van der Waals surface area contributed by atoms with Gasteiger partial charge >= 0.3 is 0 Å². The maximum Gasteiger partial charge on any atom is 0.0255 e. The summed E-state index contributed by atoms with van der Waals surface area (Å²) in [6.07, 6.45) is 0. The number of rotatable bonds is 1. The van der Waals surface area contributed by atoms with Crippen molar-refractivity contribution in [1.29, 1.82) is 0 Å². The normalized spacial score (nSPS) is 8.30. The van der Waals surface area contributed by atoms with Gasteiger partial charge in [0.25, 0.3) is 0 Å². The Balaban J connectivity index is 2.22. The molecule has 20 heavy (non-hydrogen) atoms. The van der Waals surface area contributed by atoms with Gasteiger partial charge in [0.1, 0.15) is 0 Å². The second-order valence-electron chi connectivity index (χ2n) is 4.00. The van der Waals surface area contributed by atoms with Crippen molar-refractivity contribution in [2.24, 2.45) is 0 Å². The van der Waals surface area contributed by atoms with Gasteiger partial charge in [0.05, 0.1) is 0 Å². The van der Waals surface area contributed by atoms with Crippen molar-refractivity contribution < 1.29 is 0 Å². The highest BCUT2D eigenvalue weighted by Crippen LogP contribution is 2.20. The molecule has 0 N–H and O–H groups in total. The lowest BCUT2D eigenvalue weighted by Gasteiger charge is -2.02. The molecule has 0 aliphatic rings. The van der Waals surface area contributed by atoms with Crippen LogP contribution >= 0.6 is 22.6 Å². The fourth-order valence-corrected chi connectivity index (χ4v) is 2.02. The molecule has 0 unspecified atom stereocenters. The second-order valence-corrected chi connectivity index (χ2v) is 4.54. The average Bonchev–Trinajstić information content (AvgIpc) is 2.49. The van der Waals surface area contributed by atoms with E-state index in [2.05, 4.69) is 57.8 Å². The van der Waals surface area contributed by atoms with Gasteiger partial charge in [-0.1, -0.05) is 42.0 Å². The Labute approximate surface area is 133 Å². The van der Waals surface area contributed by atoms with Gasteiger partial charge in [-0.3, -0.25) is 0 Å². The van der Waals surface area contributed by atoms with Crippen LogP contribution in [0, 0.1) is 33.5 Å². The minimum Gasteiger partial charge on any atom is -0.0925 e. The molecular weight excluding hydrogens is 355 g/mol. The zero-order valence-corrected chi connectivity index (χ0v) is 13.2. The first kappa shape index (κ1) is 14.3. The Hall–Kier alpha value is -2.15. The molecule has 0 fully saturated rings. The molecule has 0 heterocycles. The van der Waals surface area contributed by atoms with Crippen LogP contribution in [0.3, 0.4) is 0 Å². The molecule has 0 amide bonds. The summed E-state index contributed by atoms with van der Waals surface area (Å²) in [6, 6.07) is 16.4. The van der Waals surface area contributed by atoms with E-state index in [0.29, 0.717) is 0 Å². The van der Waals surface area contributed by atoms with E-state index < -0.39 is 0 Å². The molecule has 0 nitrogen and oxygen atoms in total. The van der Waals surface area contributed by atoms with Crippen molar-refractivity contribution in [3.63, 3.8) is 0 Å². The van der Waals surface area contributed by atoms with E-state index >= 15 is 0 Å². The summed E-state index contributed by atoms with van der Waals surface area (Å²) >= 11 is 2.04. The molecule has 2 aromatic rings. The van der Waals surface area contributed by atoms with Crippen molar-refractivity contribution in [2.45, 2.75) is 6.92 Å². The molecule has 0 atom stereocenters. The van der Waals surface area contributed by atoms with E-state index in [4.69, 9.17) is 0 Å². The molecule has 94 valence electrons. The molecule has 0 bridgehead atoms. The standard InChI is InChI=1S/C19H11I/c1-2-3-4-5-16-6-10-18(11-7-16)19-12-8-17(9-13-19)14-15-20/h6-13H,1H3. The van der Waals surface area contributed by atoms with Gasteiger partial charge in [0.15, 0.2) is 0 Å². The van der Waals surface area contributed by atoms with Crippen LogP contribution in [0.25, 0.3) is 11.1 Å². The maximum atomic E-state index is 3.03. The topological polar surface area (TPSA) is 0 Å². The summed E-state index contributed by atoms with van der Waals surface area (Å²) in [5, 5.41) is 0. The lowest BCUT2D eigenvalue weighted by Crippen LogP contribution is -1.80. The lowest BCUT2D eigenvalue weighted by molar-refractivity contribution is 1.58. The van der Waals surface area contributed by atoms with Crippen LogP contribution in [0.4, 0.5) is 0 Å². The molecule has 0 aromatic heterocycles. The third-order valence-electron chi connectivity index (χ3n) is 2.69. The van der Waals surface area contributed by atoms with Gasteiger partial charge in [-0.15, -0.1) is 0 Å². The zero-order chi connectivity index (χ0) is 14.2. The molecule has 2 aromatic carbocycles. The maximum absolute atomic E-state index is 3.03. The molecule has 0 aliphatic carbocycles. The Morgan fingerprint density at radius 1 is 0.700 bits per heavy atom. The molecule has 0 saturated heterocycles. The summed E-state index contributed by atoms with van der Waals surface area (Å²) in [7, 11) is 0. The highest BCUT2D eigenvalue weighted by atomic mass is 127. The molecular formula is C19H11I. The van der Waals surface area contributed by atoms with Crippen LogP contribution in [0.5, 0.6) is 0 Å². The number of hydrogen-bond acceptors (Lipinski definition) is 0. The molecule has 1 heteroatoms. The van der Waals surface area contributed by atoms with Crippen LogP contribution in [0.15, 0.2) is 48.5 Å². The minimum atomic E-state index is 0.976. The van der Waals surface area contributed by atoms with Crippen LogP contribution in [0.2, 0.25) is 0 Å². The highest BCUT2D eigenvalue weighted by Gasteiger charge is 1.97. The highest BCUT2D eigenvalue weighted by molar-refractivity contribution is 14.1. The Kier molecular flexibility index (Phi) is 5.31. The van der Waals surface area contributed by atoms with Crippen molar-refractivity contribution in [3.05, 3.63) is 59.7 Å². The first-order valence-electron chi connectivity index (χ1n) is 6.08. The van der Waals surface area contributed by atoms with Gasteiger partial charge in [0, 0.05) is 33.7 Å². The predicted molar refractivity (Wildman–Crippen MR) is 93.1 cm³/mol. The van der Waals surface area contributed by atoms with Crippen LogP contribution < -0.4 is 0 Å². The fraction of sp³-hybridized carbons (Fsp3) is 0.0526. The molecule has 0 saturated carbocycles. The third kappa shape index (κ3) is 3.92. The van der Waals surface area contributed by atoms with Crippen molar-refractivity contribution >= 4 is 22.6 Å². The SMILES string of the molecule is CC#CC#Cc1ccc(-c2ccc(C#CI)cc2)cc1. The monoisotopic (exact) mass is 366 g/mol. The average molecular weight is 366 g/mol. The summed E-state index contributed by atoms with van der Waals surface area (Å²) in [5.41, 5.74) is 4.36. The summed E-state index contributed by atoms with van der Waals surface area (Å²) in [4.78, 5) is 0. The van der Waals surface area contributed by atoms with E-state index in [1.54, 1.807) is 6.92 Å². The van der Waals surface area contributed by atoms with Crippen molar-refractivity contribution in [2.75, 3.05) is 0 Å². The number of hydrogen-bond donors (Lipinski definition) is 0. The first-order valence-corrected chi connectivity index (χ1v) is 7.16. The smallest absolute Gasteiger partial charge is 0.0255 e. The van der Waals surface area contributed by atoms with E-state index in [0.717, 1.165) is 11.1 Å². The largest absolute Gasteiger partial charge is 0.0925 e. The Bertz CT molecular complexity index is 762. The Morgan fingerprint density at radius 2 is 1.20 bits per heavy atom. The predicted octanol–water partition coefficient (Wildman–Crippen LogP) is 4.47. The van der Waals surface area contributed by atoms with Gasteiger partial charge in [-0.2, -0.15) is 0 Å². The summed E-state index contributed by atoms with van der Waals surface area (Å²) < 4.78 is 2.87. The van der Waals surface area contributed by atoms with E-state index in [-0.39, 0.29) is 0 Å². The molecule has 2 rings (SSSR count). The minimum absolute atomic E-state index is 0.976. The van der Waals surface area contributed by atoms with Crippen LogP contribution in [-0.4, -0.2) is 0 Å². The first-order chi connectivity index (χ1) is 9.83.